The van der Waals surface area contributed by atoms with Gasteiger partial charge in [-0.05, 0) is 44.2 Å². The summed E-state index contributed by atoms with van der Waals surface area (Å²) in [6, 6.07) is 11.2. The zero-order valence-electron chi connectivity index (χ0n) is 19.1. The lowest BCUT2D eigenvalue weighted by Gasteiger charge is -2.22. The molecule has 0 spiro atoms. The summed E-state index contributed by atoms with van der Waals surface area (Å²) < 4.78 is 44.4. The lowest BCUT2D eigenvalue weighted by molar-refractivity contribution is -0.159. The van der Waals surface area contributed by atoms with E-state index in [1.165, 1.54) is 24.6 Å². The topological polar surface area (TPSA) is 106 Å². The SMILES string of the molecule is CC(C)(NC(=O)c1nn(-c2ccc(Cl)cc2Cl)c(-c2ccc(Cl)cc2)c1CO)c1noc(C(F)(F)F)n1. The van der Waals surface area contributed by atoms with Crippen LogP contribution in [0.1, 0.15) is 41.6 Å². The Kier molecular flexibility index (Phi) is 7.26. The van der Waals surface area contributed by atoms with Gasteiger partial charge >= 0.3 is 12.1 Å². The van der Waals surface area contributed by atoms with Gasteiger partial charge in [-0.1, -0.05) is 52.1 Å². The van der Waals surface area contributed by atoms with Crippen LogP contribution in [0.3, 0.4) is 0 Å². The largest absolute Gasteiger partial charge is 0.471 e. The van der Waals surface area contributed by atoms with Crippen molar-refractivity contribution in [1.29, 1.82) is 0 Å². The van der Waals surface area contributed by atoms with Crippen molar-refractivity contribution in [1.82, 2.24) is 25.2 Å². The highest BCUT2D eigenvalue weighted by atomic mass is 35.5. The molecular formula is C23H17Cl3F3N5O3. The number of carbonyl (C=O) groups is 1. The predicted octanol–water partition coefficient (Wildman–Crippen LogP) is 6.06. The Morgan fingerprint density at radius 2 is 1.73 bits per heavy atom. The number of carbonyl (C=O) groups excluding carboxylic acids is 1. The molecule has 0 saturated heterocycles. The van der Waals surface area contributed by atoms with Gasteiger partial charge in [-0.3, -0.25) is 4.79 Å². The van der Waals surface area contributed by atoms with Crippen molar-refractivity contribution in [2.24, 2.45) is 0 Å². The zero-order chi connectivity index (χ0) is 27.1. The molecule has 37 heavy (non-hydrogen) atoms. The van der Waals surface area contributed by atoms with Crippen LogP contribution < -0.4 is 5.32 Å². The molecule has 0 aliphatic rings. The molecule has 0 fully saturated rings. The highest BCUT2D eigenvalue weighted by Crippen LogP contribution is 2.34. The van der Waals surface area contributed by atoms with Gasteiger partial charge in [0, 0.05) is 21.2 Å². The van der Waals surface area contributed by atoms with Gasteiger partial charge in [-0.2, -0.15) is 23.3 Å². The van der Waals surface area contributed by atoms with Crippen LogP contribution >= 0.6 is 34.8 Å². The molecule has 0 atom stereocenters. The summed E-state index contributed by atoms with van der Waals surface area (Å²) >= 11 is 18.5. The molecule has 2 heterocycles. The van der Waals surface area contributed by atoms with Gasteiger partial charge in [-0.25, -0.2) is 4.68 Å². The van der Waals surface area contributed by atoms with E-state index in [9.17, 15) is 23.1 Å². The summed E-state index contributed by atoms with van der Waals surface area (Å²) in [5.41, 5.74) is -0.323. The number of aromatic nitrogens is 4. The third-order valence-electron chi connectivity index (χ3n) is 5.27. The molecule has 1 amide bonds. The molecular weight excluding hydrogens is 558 g/mol. The molecule has 2 aromatic heterocycles. The van der Waals surface area contributed by atoms with Crippen molar-refractivity contribution in [2.45, 2.75) is 32.2 Å². The van der Waals surface area contributed by atoms with Gasteiger partial charge in [0.2, 0.25) is 0 Å². The van der Waals surface area contributed by atoms with Gasteiger partial charge in [0.25, 0.3) is 5.91 Å². The van der Waals surface area contributed by atoms with Crippen molar-refractivity contribution in [2.75, 3.05) is 0 Å². The lowest BCUT2D eigenvalue weighted by Crippen LogP contribution is -2.42. The van der Waals surface area contributed by atoms with Crippen molar-refractivity contribution in [3.8, 4) is 16.9 Å². The second kappa shape index (κ2) is 9.97. The highest BCUT2D eigenvalue weighted by Gasteiger charge is 2.41. The van der Waals surface area contributed by atoms with E-state index in [0.717, 1.165) is 0 Å². The molecule has 4 aromatic rings. The van der Waals surface area contributed by atoms with E-state index >= 15 is 0 Å². The van der Waals surface area contributed by atoms with Gasteiger partial charge in [0.15, 0.2) is 11.5 Å². The Labute approximate surface area is 222 Å². The van der Waals surface area contributed by atoms with Crippen LogP contribution in [0, 0.1) is 0 Å². The maximum atomic E-state index is 13.4. The first-order valence-corrected chi connectivity index (χ1v) is 11.6. The monoisotopic (exact) mass is 573 g/mol. The molecule has 2 N–H and O–H groups in total. The number of halogens is 6. The van der Waals surface area contributed by atoms with Crippen molar-refractivity contribution in [3.63, 3.8) is 0 Å². The van der Waals surface area contributed by atoms with E-state index in [-0.39, 0.29) is 16.3 Å². The molecule has 0 aliphatic heterocycles. The van der Waals surface area contributed by atoms with E-state index in [0.29, 0.717) is 27.0 Å². The third-order valence-corrected chi connectivity index (χ3v) is 6.06. The molecule has 0 aliphatic carbocycles. The number of alkyl halides is 3. The standard InChI is InChI=1S/C23H17Cl3F3N5O3/c1-22(2,20-30-21(37-33-20)23(27,28)29)31-19(36)17-14(10-35)18(11-3-5-12(24)6-4-11)34(32-17)16-8-7-13(25)9-15(16)26/h3-9,35H,10H2,1-2H3,(H,31,36). The first-order valence-electron chi connectivity index (χ1n) is 10.5. The Morgan fingerprint density at radius 3 is 2.30 bits per heavy atom. The molecule has 4 rings (SSSR count). The van der Waals surface area contributed by atoms with Crippen LogP contribution in [0.5, 0.6) is 0 Å². The van der Waals surface area contributed by atoms with Crippen LogP contribution in [0.2, 0.25) is 15.1 Å². The second-order valence-electron chi connectivity index (χ2n) is 8.35. The average Bonchev–Trinajstić information content (AvgIpc) is 3.45. The number of nitrogens with zero attached hydrogens (tertiary/aromatic N) is 4. The zero-order valence-corrected chi connectivity index (χ0v) is 21.3. The van der Waals surface area contributed by atoms with Crippen molar-refractivity contribution < 1.29 is 27.6 Å². The minimum absolute atomic E-state index is 0.130. The predicted molar refractivity (Wildman–Crippen MR) is 130 cm³/mol. The molecule has 0 radical (unpaired) electrons. The smallest absolute Gasteiger partial charge is 0.392 e. The normalized spacial score (nSPS) is 12.1. The van der Waals surface area contributed by atoms with Crippen LogP contribution in [-0.4, -0.2) is 30.9 Å². The Bertz CT molecular complexity index is 1470. The third kappa shape index (κ3) is 5.45. The molecule has 0 unspecified atom stereocenters. The fraction of sp³-hybridized carbons (Fsp3) is 0.217. The van der Waals surface area contributed by atoms with Gasteiger partial charge < -0.3 is 14.9 Å². The quantitative estimate of drug-likeness (QED) is 0.290. The van der Waals surface area contributed by atoms with Crippen LogP contribution in [0.25, 0.3) is 16.9 Å². The van der Waals surface area contributed by atoms with E-state index in [1.807, 2.05) is 0 Å². The number of aliphatic hydroxyl groups is 1. The van der Waals surface area contributed by atoms with E-state index in [4.69, 9.17) is 34.8 Å². The maximum absolute atomic E-state index is 13.4. The van der Waals surface area contributed by atoms with E-state index in [2.05, 4.69) is 25.1 Å². The number of amides is 1. The number of nitrogens with one attached hydrogen (secondary N) is 1. The van der Waals surface area contributed by atoms with Gasteiger partial charge in [0.05, 0.1) is 28.5 Å². The Hall–Kier alpha value is -3.12. The second-order valence-corrected chi connectivity index (χ2v) is 9.63. The maximum Gasteiger partial charge on any atom is 0.471 e. The first kappa shape index (κ1) is 26.9. The van der Waals surface area contributed by atoms with Crippen LogP contribution in [0.4, 0.5) is 13.2 Å². The van der Waals surface area contributed by atoms with E-state index in [1.54, 1.807) is 36.4 Å². The summed E-state index contributed by atoms with van der Waals surface area (Å²) in [6.07, 6.45) is -4.85. The lowest BCUT2D eigenvalue weighted by atomic mass is 10.0. The fourth-order valence-corrected chi connectivity index (χ4v) is 4.12. The molecule has 8 nitrogen and oxygen atoms in total. The molecule has 0 bridgehead atoms. The fourth-order valence-electron chi connectivity index (χ4n) is 3.51. The number of hydrogen-bond donors (Lipinski definition) is 2. The highest BCUT2D eigenvalue weighted by molar-refractivity contribution is 6.35. The number of aliphatic hydroxyl groups excluding tert-OH is 1. The minimum Gasteiger partial charge on any atom is -0.392 e. The van der Waals surface area contributed by atoms with Gasteiger partial charge in [0.1, 0.15) is 0 Å². The van der Waals surface area contributed by atoms with Crippen LogP contribution in [-0.2, 0) is 18.3 Å². The van der Waals surface area contributed by atoms with Gasteiger partial charge in [-0.15, -0.1) is 0 Å². The summed E-state index contributed by atoms with van der Waals surface area (Å²) in [5, 5.41) is 21.6. The molecule has 194 valence electrons. The first-order chi connectivity index (χ1) is 17.3. The van der Waals surface area contributed by atoms with E-state index < -0.39 is 35.9 Å². The average molecular weight is 575 g/mol. The summed E-state index contributed by atoms with van der Waals surface area (Å²) in [7, 11) is 0. The van der Waals surface area contributed by atoms with Crippen molar-refractivity contribution in [3.05, 3.63) is 80.5 Å². The number of hydrogen-bond acceptors (Lipinski definition) is 6. The summed E-state index contributed by atoms with van der Waals surface area (Å²) in [5.74, 6) is -2.77. The molecule has 14 heteroatoms. The number of benzene rings is 2. The van der Waals surface area contributed by atoms with Crippen molar-refractivity contribution >= 4 is 40.7 Å². The Balaban J connectivity index is 1.81. The molecule has 0 saturated carbocycles. The summed E-state index contributed by atoms with van der Waals surface area (Å²) in [6.45, 7) is 2.18. The summed E-state index contributed by atoms with van der Waals surface area (Å²) in [4.78, 5) is 16.7. The molecule has 2 aromatic carbocycles. The van der Waals surface area contributed by atoms with Crippen LogP contribution in [0.15, 0.2) is 47.0 Å². The minimum atomic E-state index is -4.85. The number of rotatable bonds is 6. The Morgan fingerprint density at radius 1 is 1.08 bits per heavy atom.